The Morgan fingerprint density at radius 3 is 0.794 bits per heavy atom. The summed E-state index contributed by atoms with van der Waals surface area (Å²) in [4.78, 5) is 0. The van der Waals surface area contributed by atoms with Crippen molar-refractivity contribution in [2.24, 2.45) is 0 Å². The Balaban J connectivity index is 0.000000150. The van der Waals surface area contributed by atoms with Crippen LogP contribution in [0, 0.1) is 11.3 Å². The fraction of sp³-hybridized carbons (Fsp3) is 0. The summed E-state index contributed by atoms with van der Waals surface area (Å²) in [5, 5.41) is 24.9. The van der Waals surface area contributed by atoms with E-state index in [0.717, 1.165) is 22.4 Å². The maximum absolute atomic E-state index is 9.50. The summed E-state index contributed by atoms with van der Waals surface area (Å²) < 4.78 is 9.45. The Labute approximate surface area is 562 Å². The molecule has 454 valence electrons. The van der Waals surface area contributed by atoms with Crippen LogP contribution in [-0.4, -0.2) is 26.3 Å². The van der Waals surface area contributed by atoms with Gasteiger partial charge in [-0.25, -0.2) is 0 Å². The van der Waals surface area contributed by atoms with E-state index in [-0.39, 0.29) is 0 Å². The standard InChI is InChI=1S/C54H38N2Si.C37H23N3/c1-5-18-41(19-6-1)55-51-30-15-13-28-47(51)49-36-39(32-34-53(49)55)40-33-35-54-50(37-40)48-29-14-16-31-52(48)56(54)42-20-17-27-46(38-42)57(43-21-7-2-8-22-43,44-23-9-3-10-24-44)45-25-11-4-12-26-45;38-24-25-9-8-12-29(21-25)40-35-16-7-5-14-31(35)33-23-27(18-20-37(33)40)26-17-19-36-32(22-26)30-13-4-6-15-34(30)39(36)28-10-2-1-3-11-28/h1-38H;1-23H. The number of hydrogen-bond donors (Lipinski definition) is 0. The van der Waals surface area contributed by atoms with E-state index in [4.69, 9.17) is 0 Å². The molecule has 0 bridgehead atoms. The van der Waals surface area contributed by atoms with Crippen LogP contribution in [0.5, 0.6) is 0 Å². The molecule has 0 radical (unpaired) electrons. The molecule has 4 heterocycles. The van der Waals surface area contributed by atoms with Crippen LogP contribution in [0.25, 0.3) is 132 Å². The highest BCUT2D eigenvalue weighted by Crippen LogP contribution is 2.41. The molecule has 15 aromatic carbocycles. The van der Waals surface area contributed by atoms with Gasteiger partial charge in [-0.2, -0.15) is 5.26 Å². The van der Waals surface area contributed by atoms with Gasteiger partial charge in [-0.15, -0.1) is 0 Å². The Bertz CT molecular complexity index is 6160. The number of para-hydroxylation sites is 6. The molecule has 19 aromatic rings. The summed E-state index contributed by atoms with van der Waals surface area (Å²) in [7, 11) is -2.71. The Morgan fingerprint density at radius 2 is 0.454 bits per heavy atom. The van der Waals surface area contributed by atoms with Crippen molar-refractivity contribution in [2.45, 2.75) is 0 Å². The van der Waals surface area contributed by atoms with Crippen molar-refractivity contribution >= 4 is 116 Å². The number of hydrogen-bond acceptors (Lipinski definition) is 1. The second-order valence-corrected chi connectivity index (χ2v) is 28.9. The van der Waals surface area contributed by atoms with Crippen LogP contribution in [-0.2, 0) is 0 Å². The second kappa shape index (κ2) is 23.6. The molecule has 0 atom stereocenters. The lowest BCUT2D eigenvalue weighted by Gasteiger charge is -2.34. The molecule has 0 aliphatic heterocycles. The van der Waals surface area contributed by atoms with E-state index in [2.05, 4.69) is 376 Å². The first-order valence-corrected chi connectivity index (χ1v) is 35.1. The number of rotatable bonds is 10. The van der Waals surface area contributed by atoms with Gasteiger partial charge in [0.05, 0.1) is 55.8 Å². The highest BCUT2D eigenvalue weighted by atomic mass is 28.3. The minimum Gasteiger partial charge on any atom is -0.309 e. The first-order valence-electron chi connectivity index (χ1n) is 33.1. The first-order chi connectivity index (χ1) is 48.1. The number of fused-ring (bicyclic) bond motifs is 12. The van der Waals surface area contributed by atoms with Crippen molar-refractivity contribution in [2.75, 3.05) is 0 Å². The number of nitriles is 1. The normalized spacial score (nSPS) is 11.7. The highest BCUT2D eigenvalue weighted by Gasteiger charge is 2.41. The summed E-state index contributed by atoms with van der Waals surface area (Å²) in [6, 6.07) is 136. The zero-order valence-corrected chi connectivity index (χ0v) is 54.0. The van der Waals surface area contributed by atoms with Gasteiger partial charge in [-0.1, -0.05) is 243 Å². The molecule has 0 saturated heterocycles. The number of nitrogens with zero attached hydrogens (tertiary/aromatic N) is 5. The molecule has 0 aliphatic carbocycles. The smallest absolute Gasteiger partial charge is 0.179 e. The zero-order chi connectivity index (χ0) is 64.4. The summed E-state index contributed by atoms with van der Waals surface area (Å²) in [5.74, 6) is 0. The predicted octanol–water partition coefficient (Wildman–Crippen LogP) is 20.3. The van der Waals surface area contributed by atoms with Gasteiger partial charge < -0.3 is 18.3 Å². The molecule has 97 heavy (non-hydrogen) atoms. The largest absolute Gasteiger partial charge is 0.309 e. The first kappa shape index (κ1) is 56.9. The molecule has 6 heteroatoms. The molecule has 5 nitrogen and oxygen atoms in total. The Morgan fingerprint density at radius 1 is 0.196 bits per heavy atom. The summed E-state index contributed by atoms with van der Waals surface area (Å²) in [6.07, 6.45) is 0. The fourth-order valence-electron chi connectivity index (χ4n) is 15.5. The van der Waals surface area contributed by atoms with Gasteiger partial charge in [0.25, 0.3) is 0 Å². The summed E-state index contributed by atoms with van der Waals surface area (Å²) >= 11 is 0. The van der Waals surface area contributed by atoms with Crippen molar-refractivity contribution in [3.05, 3.63) is 376 Å². The molecule has 0 unspecified atom stereocenters. The molecule has 4 aromatic heterocycles. The molecule has 0 N–H and O–H groups in total. The summed E-state index contributed by atoms with van der Waals surface area (Å²) in [6.45, 7) is 0. The van der Waals surface area contributed by atoms with Crippen LogP contribution in [0.2, 0.25) is 0 Å². The summed E-state index contributed by atoms with van der Waals surface area (Å²) in [5.41, 5.74) is 19.4. The maximum Gasteiger partial charge on any atom is 0.179 e. The van der Waals surface area contributed by atoms with Gasteiger partial charge in [0.15, 0.2) is 8.07 Å². The quantitative estimate of drug-likeness (QED) is 0.0994. The average molecular weight is 1250 g/mol. The van der Waals surface area contributed by atoms with Gasteiger partial charge in [-0.05, 0) is 170 Å². The third-order valence-electron chi connectivity index (χ3n) is 19.8. The van der Waals surface area contributed by atoms with E-state index in [1.807, 2.05) is 18.2 Å². The van der Waals surface area contributed by atoms with E-state index in [1.54, 1.807) is 0 Å². The molecule has 0 saturated carbocycles. The van der Waals surface area contributed by atoms with E-state index in [1.165, 1.54) is 131 Å². The molecule has 0 spiro atoms. The van der Waals surface area contributed by atoms with Crippen LogP contribution >= 0.6 is 0 Å². The lowest BCUT2D eigenvalue weighted by molar-refractivity contribution is 1.18. The molecule has 0 fully saturated rings. The van der Waals surface area contributed by atoms with Gasteiger partial charge >= 0.3 is 0 Å². The van der Waals surface area contributed by atoms with E-state index in [0.29, 0.717) is 5.56 Å². The topological polar surface area (TPSA) is 43.5 Å². The monoisotopic (exact) mass is 1250 g/mol. The van der Waals surface area contributed by atoms with Crippen molar-refractivity contribution < 1.29 is 0 Å². The van der Waals surface area contributed by atoms with Crippen LogP contribution in [0.1, 0.15) is 5.56 Å². The van der Waals surface area contributed by atoms with Gasteiger partial charge in [0.1, 0.15) is 0 Å². The molecule has 0 aliphatic rings. The SMILES string of the molecule is N#Cc1cccc(-n2c3ccccc3c3cc(-c4ccc5c(c4)c4ccccc4n5-c4ccccc4)ccc32)c1.c1ccc(-n2c3ccccc3c3cc(-c4ccc5c(c4)c4ccccc4n5-c4cccc([Si](c5ccccc5)(c5ccccc5)c5ccccc5)c4)ccc32)cc1. The van der Waals surface area contributed by atoms with Crippen molar-refractivity contribution in [1.82, 2.24) is 18.3 Å². The van der Waals surface area contributed by atoms with Crippen LogP contribution in [0.3, 0.4) is 0 Å². The molecule has 0 amide bonds. The Hall–Kier alpha value is -12.8. The number of aromatic nitrogens is 4. The van der Waals surface area contributed by atoms with Crippen LogP contribution in [0.4, 0.5) is 0 Å². The van der Waals surface area contributed by atoms with Crippen molar-refractivity contribution in [3.8, 4) is 51.1 Å². The third kappa shape index (κ3) is 9.43. The minimum atomic E-state index is -2.71. The van der Waals surface area contributed by atoms with Gasteiger partial charge in [0, 0.05) is 65.8 Å². The lowest BCUT2D eigenvalue weighted by atomic mass is 10.0. The van der Waals surface area contributed by atoms with Crippen LogP contribution in [0.15, 0.2) is 370 Å². The second-order valence-electron chi connectivity index (χ2n) is 25.1. The predicted molar refractivity (Wildman–Crippen MR) is 409 cm³/mol. The zero-order valence-electron chi connectivity index (χ0n) is 53.0. The van der Waals surface area contributed by atoms with E-state index < -0.39 is 8.07 Å². The van der Waals surface area contributed by atoms with Gasteiger partial charge in [-0.3, -0.25) is 0 Å². The molecular formula is C91H61N5Si. The molecular weight excluding hydrogens is 1190 g/mol. The average Bonchev–Trinajstić information content (AvgIpc) is 1.64. The van der Waals surface area contributed by atoms with E-state index >= 15 is 0 Å². The molecule has 19 rings (SSSR count). The lowest BCUT2D eigenvalue weighted by Crippen LogP contribution is -2.74. The van der Waals surface area contributed by atoms with Crippen molar-refractivity contribution in [3.63, 3.8) is 0 Å². The number of benzene rings is 15. The minimum absolute atomic E-state index is 0.656. The maximum atomic E-state index is 9.50. The third-order valence-corrected chi connectivity index (χ3v) is 24.6. The fourth-order valence-corrected chi connectivity index (χ4v) is 20.3. The van der Waals surface area contributed by atoms with E-state index in [9.17, 15) is 5.26 Å². The van der Waals surface area contributed by atoms with Crippen molar-refractivity contribution in [1.29, 1.82) is 5.26 Å². The highest BCUT2D eigenvalue weighted by molar-refractivity contribution is 7.19. The van der Waals surface area contributed by atoms with Gasteiger partial charge in [0.2, 0.25) is 0 Å². The Kier molecular flexibility index (Phi) is 13.9. The van der Waals surface area contributed by atoms with Crippen LogP contribution < -0.4 is 20.7 Å².